The maximum atomic E-state index is 11.6. The Balaban J connectivity index is 1.86. The van der Waals surface area contributed by atoms with Crippen LogP contribution in [0.15, 0.2) is 29.6 Å². The van der Waals surface area contributed by atoms with E-state index in [2.05, 4.69) is 20.9 Å². The molecule has 1 aromatic carbocycles. The van der Waals surface area contributed by atoms with Crippen LogP contribution in [0.3, 0.4) is 0 Å². The van der Waals surface area contributed by atoms with Crippen molar-refractivity contribution in [2.75, 3.05) is 13.6 Å². The van der Waals surface area contributed by atoms with Gasteiger partial charge in [-0.3, -0.25) is 4.79 Å². The largest absolute Gasteiger partial charge is 0.348 e. The zero-order valence-corrected chi connectivity index (χ0v) is 13.4. The van der Waals surface area contributed by atoms with Gasteiger partial charge in [-0.05, 0) is 12.1 Å². The molecule has 0 unspecified atom stereocenters. The molecule has 0 radical (unpaired) electrons. The number of carbonyl (C=O) groups is 2. The molecule has 2 aromatic rings. The third-order valence-corrected chi connectivity index (χ3v) is 3.87. The smallest absolute Gasteiger partial charge is 0.314 e. The highest BCUT2D eigenvalue weighted by molar-refractivity contribution is 7.09. The minimum atomic E-state index is -0.394. The first-order valence-electron chi connectivity index (χ1n) is 6.51. The summed E-state index contributed by atoms with van der Waals surface area (Å²) < 4.78 is 0. The lowest BCUT2D eigenvalue weighted by molar-refractivity contribution is -0.120. The monoisotopic (exact) mass is 338 g/mol. The van der Waals surface area contributed by atoms with Crippen molar-refractivity contribution < 1.29 is 9.59 Å². The normalized spacial score (nSPS) is 10.1. The summed E-state index contributed by atoms with van der Waals surface area (Å²) in [6, 6.07) is 7.01. The van der Waals surface area contributed by atoms with E-state index in [0.29, 0.717) is 11.6 Å². The van der Waals surface area contributed by atoms with Crippen LogP contribution >= 0.6 is 22.9 Å². The first-order valence-corrected chi connectivity index (χ1v) is 7.77. The molecule has 1 heterocycles. The molecule has 2 rings (SSSR count). The summed E-state index contributed by atoms with van der Waals surface area (Å²) in [7, 11) is 1.49. The molecule has 116 valence electrons. The Morgan fingerprint density at radius 3 is 2.64 bits per heavy atom. The van der Waals surface area contributed by atoms with Gasteiger partial charge in [-0.15, -0.1) is 11.3 Å². The van der Waals surface area contributed by atoms with Crippen molar-refractivity contribution in [3.05, 3.63) is 39.7 Å². The molecule has 0 bridgehead atoms. The molecule has 1 aromatic heterocycles. The first-order chi connectivity index (χ1) is 10.6. The Labute approximate surface area is 136 Å². The first kappa shape index (κ1) is 16.3. The molecule has 8 heteroatoms. The van der Waals surface area contributed by atoms with Crippen molar-refractivity contribution in [2.24, 2.45) is 0 Å². The molecule has 0 fully saturated rings. The van der Waals surface area contributed by atoms with Crippen molar-refractivity contribution in [3.63, 3.8) is 0 Å². The van der Waals surface area contributed by atoms with Crippen LogP contribution in [-0.2, 0) is 11.3 Å². The minimum absolute atomic E-state index is 0.0743. The molecule has 0 saturated carbocycles. The van der Waals surface area contributed by atoms with Gasteiger partial charge in [-0.2, -0.15) is 0 Å². The molecule has 0 spiro atoms. The molecule has 0 aliphatic carbocycles. The van der Waals surface area contributed by atoms with E-state index in [1.54, 1.807) is 0 Å². The Morgan fingerprint density at radius 1 is 1.23 bits per heavy atom. The lowest BCUT2D eigenvalue weighted by Gasteiger charge is -2.04. The van der Waals surface area contributed by atoms with Gasteiger partial charge in [0.05, 0.1) is 18.8 Å². The van der Waals surface area contributed by atoms with Gasteiger partial charge in [-0.1, -0.05) is 23.7 Å². The Kier molecular flexibility index (Phi) is 5.74. The predicted octanol–water partition coefficient (Wildman–Crippen LogP) is 2.01. The van der Waals surface area contributed by atoms with E-state index in [1.807, 2.05) is 29.6 Å². The van der Waals surface area contributed by atoms with Crippen LogP contribution in [0.2, 0.25) is 5.02 Å². The summed E-state index contributed by atoms with van der Waals surface area (Å²) in [6.45, 7) is 0.252. The van der Waals surface area contributed by atoms with Gasteiger partial charge < -0.3 is 16.0 Å². The molecular formula is C14H15ClN4O2S. The van der Waals surface area contributed by atoms with E-state index in [9.17, 15) is 9.59 Å². The number of halogens is 1. The highest BCUT2D eigenvalue weighted by atomic mass is 35.5. The van der Waals surface area contributed by atoms with Crippen molar-refractivity contribution in [3.8, 4) is 11.3 Å². The van der Waals surface area contributed by atoms with Gasteiger partial charge in [0, 0.05) is 23.0 Å². The molecule has 3 N–H and O–H groups in total. The number of amides is 3. The molecule has 22 heavy (non-hydrogen) atoms. The van der Waals surface area contributed by atoms with Crippen LogP contribution < -0.4 is 16.0 Å². The van der Waals surface area contributed by atoms with E-state index in [0.717, 1.165) is 16.3 Å². The van der Waals surface area contributed by atoms with Gasteiger partial charge in [-0.25, -0.2) is 9.78 Å². The minimum Gasteiger partial charge on any atom is -0.348 e. The second-order valence-electron chi connectivity index (χ2n) is 4.34. The summed E-state index contributed by atoms with van der Waals surface area (Å²) in [5.41, 5.74) is 1.81. The summed E-state index contributed by atoms with van der Waals surface area (Å²) in [5.74, 6) is -0.271. The van der Waals surface area contributed by atoms with Crippen LogP contribution in [-0.4, -0.2) is 30.5 Å². The third-order valence-electron chi connectivity index (χ3n) is 2.77. The van der Waals surface area contributed by atoms with Crippen LogP contribution in [0, 0.1) is 0 Å². The molecule has 3 amide bonds. The van der Waals surface area contributed by atoms with E-state index < -0.39 is 6.03 Å². The highest BCUT2D eigenvalue weighted by Crippen LogP contribution is 2.23. The average molecular weight is 339 g/mol. The molecule has 0 aliphatic heterocycles. The Hall–Kier alpha value is -2.12. The van der Waals surface area contributed by atoms with E-state index in [-0.39, 0.29) is 12.5 Å². The fourth-order valence-corrected chi connectivity index (χ4v) is 2.50. The van der Waals surface area contributed by atoms with Crippen LogP contribution in [0.25, 0.3) is 11.3 Å². The van der Waals surface area contributed by atoms with E-state index in [1.165, 1.54) is 18.4 Å². The molecular weight excluding hydrogens is 324 g/mol. The predicted molar refractivity (Wildman–Crippen MR) is 86.9 cm³/mol. The number of urea groups is 1. The number of nitrogens with one attached hydrogen (secondary N) is 3. The van der Waals surface area contributed by atoms with Gasteiger partial charge >= 0.3 is 6.03 Å². The number of thiazole rings is 1. The van der Waals surface area contributed by atoms with Crippen molar-refractivity contribution in [1.82, 2.24) is 20.9 Å². The summed E-state index contributed by atoms with van der Waals surface area (Å²) in [4.78, 5) is 27.0. The second-order valence-corrected chi connectivity index (χ2v) is 5.72. The fraction of sp³-hybridized carbons (Fsp3) is 0.214. The van der Waals surface area contributed by atoms with Gasteiger partial charge in [0.15, 0.2) is 0 Å². The second kappa shape index (κ2) is 7.77. The third kappa shape index (κ3) is 4.71. The van der Waals surface area contributed by atoms with Crippen LogP contribution in [0.1, 0.15) is 5.01 Å². The topological polar surface area (TPSA) is 83.1 Å². The SMILES string of the molecule is CNC(=O)NCC(=O)NCc1nc(-c2ccc(Cl)cc2)cs1. The maximum absolute atomic E-state index is 11.6. The maximum Gasteiger partial charge on any atom is 0.314 e. The lowest BCUT2D eigenvalue weighted by Crippen LogP contribution is -2.40. The van der Waals surface area contributed by atoms with Crippen molar-refractivity contribution >= 4 is 34.9 Å². The summed E-state index contributed by atoms with van der Waals surface area (Å²) in [5, 5.41) is 10.9. The average Bonchev–Trinajstić information content (AvgIpc) is 3.00. The quantitative estimate of drug-likeness (QED) is 0.779. The number of hydrogen-bond acceptors (Lipinski definition) is 4. The Morgan fingerprint density at radius 2 is 1.95 bits per heavy atom. The Bertz CT molecular complexity index is 657. The van der Waals surface area contributed by atoms with Gasteiger partial charge in [0.25, 0.3) is 0 Å². The van der Waals surface area contributed by atoms with E-state index in [4.69, 9.17) is 11.6 Å². The van der Waals surface area contributed by atoms with Gasteiger partial charge in [0.2, 0.25) is 5.91 Å². The number of hydrogen-bond donors (Lipinski definition) is 3. The fourth-order valence-electron chi connectivity index (χ4n) is 1.63. The highest BCUT2D eigenvalue weighted by Gasteiger charge is 2.07. The van der Waals surface area contributed by atoms with Crippen LogP contribution in [0.5, 0.6) is 0 Å². The zero-order valence-electron chi connectivity index (χ0n) is 11.9. The zero-order chi connectivity index (χ0) is 15.9. The van der Waals surface area contributed by atoms with Crippen molar-refractivity contribution in [2.45, 2.75) is 6.54 Å². The number of benzene rings is 1. The number of carbonyl (C=O) groups excluding carboxylic acids is 2. The molecule has 0 saturated heterocycles. The lowest BCUT2D eigenvalue weighted by atomic mass is 10.2. The van der Waals surface area contributed by atoms with E-state index >= 15 is 0 Å². The summed E-state index contributed by atoms with van der Waals surface area (Å²) >= 11 is 7.31. The number of nitrogens with zero attached hydrogens (tertiary/aromatic N) is 1. The number of rotatable bonds is 5. The standard InChI is InChI=1S/C14H15ClN4O2S/c1-16-14(21)18-6-12(20)17-7-13-19-11(8-22-13)9-2-4-10(15)5-3-9/h2-5,8H,6-7H2,1H3,(H,17,20)(H2,16,18,21). The molecule has 0 aliphatic rings. The molecule has 0 atom stereocenters. The summed E-state index contributed by atoms with van der Waals surface area (Å²) in [6.07, 6.45) is 0. The number of aromatic nitrogens is 1. The molecule has 6 nitrogen and oxygen atoms in total. The van der Waals surface area contributed by atoms with Crippen molar-refractivity contribution in [1.29, 1.82) is 0 Å². The van der Waals surface area contributed by atoms with Gasteiger partial charge in [0.1, 0.15) is 5.01 Å². The van der Waals surface area contributed by atoms with Crippen LogP contribution in [0.4, 0.5) is 4.79 Å².